The first-order chi connectivity index (χ1) is 14.1. The molecule has 1 fully saturated rings. The highest BCUT2D eigenvalue weighted by molar-refractivity contribution is 5.99. The SMILES string of the molecule is CC1(C(=O)Nc2cnc3ccccc3c2)CCN1Cc1ccc2c(c1)OCCO2. The number of pyridine rings is 1. The number of hydrogen-bond acceptors (Lipinski definition) is 5. The summed E-state index contributed by atoms with van der Waals surface area (Å²) < 4.78 is 11.3. The molecule has 1 saturated heterocycles. The largest absolute Gasteiger partial charge is 0.486 e. The Kier molecular flexibility index (Phi) is 4.36. The molecule has 6 heteroatoms. The number of rotatable bonds is 4. The molecule has 0 spiro atoms. The Balaban J connectivity index is 1.30. The van der Waals surface area contributed by atoms with Crippen LogP contribution < -0.4 is 14.8 Å². The molecule has 1 atom stereocenters. The van der Waals surface area contributed by atoms with Gasteiger partial charge in [0.05, 0.1) is 22.9 Å². The Hall–Kier alpha value is -3.12. The minimum atomic E-state index is -0.543. The average Bonchev–Trinajstić information content (AvgIpc) is 2.76. The zero-order valence-electron chi connectivity index (χ0n) is 16.4. The summed E-state index contributed by atoms with van der Waals surface area (Å²) in [5.41, 5.74) is 2.21. The summed E-state index contributed by atoms with van der Waals surface area (Å²) in [6, 6.07) is 15.8. The van der Waals surface area contributed by atoms with E-state index in [2.05, 4.69) is 15.2 Å². The predicted octanol–water partition coefficient (Wildman–Crippen LogP) is 3.61. The first kappa shape index (κ1) is 17.9. The molecule has 5 rings (SSSR count). The summed E-state index contributed by atoms with van der Waals surface area (Å²) >= 11 is 0. The molecule has 0 aliphatic carbocycles. The fraction of sp³-hybridized carbons (Fsp3) is 0.304. The number of carbonyl (C=O) groups excluding carboxylic acids is 1. The highest BCUT2D eigenvalue weighted by Crippen LogP contribution is 2.36. The van der Waals surface area contributed by atoms with Gasteiger partial charge in [0, 0.05) is 18.5 Å². The van der Waals surface area contributed by atoms with Gasteiger partial charge in [-0.3, -0.25) is 14.7 Å². The Morgan fingerprint density at radius 1 is 1.14 bits per heavy atom. The number of ether oxygens (including phenoxy) is 2. The van der Waals surface area contributed by atoms with Crippen molar-refractivity contribution in [3.63, 3.8) is 0 Å². The highest BCUT2D eigenvalue weighted by Gasteiger charge is 2.46. The molecule has 148 valence electrons. The number of hydrogen-bond donors (Lipinski definition) is 1. The number of nitrogens with zero attached hydrogens (tertiary/aromatic N) is 2. The van der Waals surface area contributed by atoms with E-state index in [1.807, 2.05) is 55.5 Å². The minimum absolute atomic E-state index is 0.00151. The van der Waals surface area contributed by atoms with E-state index in [-0.39, 0.29) is 5.91 Å². The molecule has 0 radical (unpaired) electrons. The molecule has 29 heavy (non-hydrogen) atoms. The first-order valence-electron chi connectivity index (χ1n) is 9.92. The Morgan fingerprint density at radius 2 is 1.97 bits per heavy atom. The van der Waals surface area contributed by atoms with Gasteiger partial charge in [0.25, 0.3) is 0 Å². The van der Waals surface area contributed by atoms with Gasteiger partial charge in [-0.1, -0.05) is 24.3 Å². The summed E-state index contributed by atoms with van der Waals surface area (Å²) in [7, 11) is 0. The summed E-state index contributed by atoms with van der Waals surface area (Å²) in [5.74, 6) is 1.56. The predicted molar refractivity (Wildman–Crippen MR) is 111 cm³/mol. The summed E-state index contributed by atoms with van der Waals surface area (Å²) in [6.07, 6.45) is 2.54. The molecule has 0 saturated carbocycles. The van der Waals surface area contributed by atoms with E-state index in [1.165, 1.54) is 0 Å². The van der Waals surface area contributed by atoms with Crippen LogP contribution in [0.25, 0.3) is 10.9 Å². The molecule has 3 heterocycles. The van der Waals surface area contributed by atoms with E-state index in [4.69, 9.17) is 9.47 Å². The monoisotopic (exact) mass is 389 g/mol. The molecule has 2 aromatic carbocycles. The van der Waals surface area contributed by atoms with Gasteiger partial charge in [0.2, 0.25) is 5.91 Å². The van der Waals surface area contributed by atoms with Crippen LogP contribution in [0.4, 0.5) is 5.69 Å². The van der Waals surface area contributed by atoms with Crippen molar-refractivity contribution < 1.29 is 14.3 Å². The lowest BCUT2D eigenvalue weighted by atomic mass is 9.85. The zero-order valence-corrected chi connectivity index (χ0v) is 16.4. The molecule has 1 N–H and O–H groups in total. The van der Waals surface area contributed by atoms with Gasteiger partial charge in [-0.05, 0) is 43.2 Å². The van der Waals surface area contributed by atoms with E-state index in [0.717, 1.165) is 46.6 Å². The normalized spacial score (nSPS) is 20.9. The number of likely N-dealkylation sites (tertiary alicyclic amines) is 1. The third-order valence-corrected chi connectivity index (χ3v) is 5.88. The van der Waals surface area contributed by atoms with Crippen molar-refractivity contribution in [3.8, 4) is 11.5 Å². The number of aromatic nitrogens is 1. The second-order valence-electron chi connectivity index (χ2n) is 7.79. The van der Waals surface area contributed by atoms with Crippen molar-refractivity contribution >= 4 is 22.5 Å². The van der Waals surface area contributed by atoms with Crippen LogP contribution in [-0.2, 0) is 11.3 Å². The van der Waals surface area contributed by atoms with Crippen molar-refractivity contribution in [2.45, 2.75) is 25.4 Å². The van der Waals surface area contributed by atoms with Crippen LogP contribution in [0, 0.1) is 0 Å². The lowest BCUT2D eigenvalue weighted by Gasteiger charge is -2.49. The van der Waals surface area contributed by atoms with Gasteiger partial charge in [-0.2, -0.15) is 0 Å². The number of para-hydroxylation sites is 1. The van der Waals surface area contributed by atoms with Crippen LogP contribution in [-0.4, -0.2) is 41.1 Å². The van der Waals surface area contributed by atoms with Crippen molar-refractivity contribution in [3.05, 3.63) is 60.3 Å². The Labute approximate surface area is 169 Å². The lowest BCUT2D eigenvalue weighted by Crippen LogP contribution is -2.63. The molecule has 0 bridgehead atoms. The van der Waals surface area contributed by atoms with E-state index < -0.39 is 5.54 Å². The molecule has 2 aliphatic rings. The van der Waals surface area contributed by atoms with Crippen LogP contribution >= 0.6 is 0 Å². The number of anilines is 1. The number of nitrogens with one attached hydrogen (secondary N) is 1. The van der Waals surface area contributed by atoms with E-state index in [0.29, 0.717) is 19.8 Å². The quantitative estimate of drug-likeness (QED) is 0.739. The van der Waals surface area contributed by atoms with Crippen molar-refractivity contribution in [1.29, 1.82) is 0 Å². The molecule has 6 nitrogen and oxygen atoms in total. The zero-order chi connectivity index (χ0) is 19.8. The summed E-state index contributed by atoms with van der Waals surface area (Å²) in [4.78, 5) is 19.7. The average molecular weight is 389 g/mol. The number of amides is 1. The van der Waals surface area contributed by atoms with Crippen LogP contribution in [0.15, 0.2) is 54.7 Å². The Morgan fingerprint density at radius 3 is 2.79 bits per heavy atom. The van der Waals surface area contributed by atoms with Gasteiger partial charge in [0.15, 0.2) is 11.5 Å². The van der Waals surface area contributed by atoms with Crippen LogP contribution in [0.1, 0.15) is 18.9 Å². The van der Waals surface area contributed by atoms with Gasteiger partial charge in [0.1, 0.15) is 13.2 Å². The number of fused-ring (bicyclic) bond motifs is 2. The molecular weight excluding hydrogens is 366 g/mol. The second-order valence-corrected chi connectivity index (χ2v) is 7.79. The molecular formula is C23H23N3O3. The van der Waals surface area contributed by atoms with Gasteiger partial charge < -0.3 is 14.8 Å². The number of benzene rings is 2. The standard InChI is InChI=1S/C23H23N3O3/c1-23(22(27)25-18-13-17-4-2-3-5-19(17)24-14-18)8-9-26(23)15-16-6-7-20-21(12-16)29-11-10-28-20/h2-7,12-14H,8-11,15H2,1H3,(H,25,27). The van der Waals surface area contributed by atoms with Crippen LogP contribution in [0.5, 0.6) is 11.5 Å². The third kappa shape index (κ3) is 3.29. The highest BCUT2D eigenvalue weighted by atomic mass is 16.6. The molecule has 2 aliphatic heterocycles. The first-order valence-corrected chi connectivity index (χ1v) is 9.92. The van der Waals surface area contributed by atoms with E-state index in [9.17, 15) is 4.79 Å². The van der Waals surface area contributed by atoms with Crippen molar-refractivity contribution in [1.82, 2.24) is 9.88 Å². The summed E-state index contributed by atoms with van der Waals surface area (Å²) in [6.45, 7) is 4.73. The van der Waals surface area contributed by atoms with E-state index in [1.54, 1.807) is 6.20 Å². The van der Waals surface area contributed by atoms with Gasteiger partial charge in [-0.15, -0.1) is 0 Å². The topological polar surface area (TPSA) is 63.7 Å². The molecule has 1 aromatic heterocycles. The second kappa shape index (κ2) is 7.04. The molecule has 3 aromatic rings. The smallest absolute Gasteiger partial charge is 0.244 e. The number of carbonyl (C=O) groups is 1. The minimum Gasteiger partial charge on any atom is -0.486 e. The third-order valence-electron chi connectivity index (χ3n) is 5.88. The maximum absolute atomic E-state index is 13.1. The molecule has 1 unspecified atom stereocenters. The maximum atomic E-state index is 13.1. The maximum Gasteiger partial charge on any atom is 0.244 e. The lowest BCUT2D eigenvalue weighted by molar-refractivity contribution is -0.136. The van der Waals surface area contributed by atoms with Crippen LogP contribution in [0.2, 0.25) is 0 Å². The van der Waals surface area contributed by atoms with Gasteiger partial charge >= 0.3 is 0 Å². The van der Waals surface area contributed by atoms with E-state index >= 15 is 0 Å². The molecule has 1 amide bonds. The fourth-order valence-electron chi connectivity index (χ4n) is 3.93. The van der Waals surface area contributed by atoms with Crippen molar-refractivity contribution in [2.24, 2.45) is 0 Å². The fourth-order valence-corrected chi connectivity index (χ4v) is 3.93. The Bertz CT molecular complexity index is 1080. The van der Waals surface area contributed by atoms with Crippen LogP contribution in [0.3, 0.4) is 0 Å². The van der Waals surface area contributed by atoms with Crippen molar-refractivity contribution in [2.75, 3.05) is 25.1 Å². The van der Waals surface area contributed by atoms with Gasteiger partial charge in [-0.25, -0.2) is 0 Å². The summed E-state index contributed by atoms with van der Waals surface area (Å²) in [5, 5.41) is 4.07.